The lowest BCUT2D eigenvalue weighted by atomic mass is 10.1. The van der Waals surface area contributed by atoms with Gasteiger partial charge in [0.2, 0.25) is 5.91 Å². The molecule has 1 amide bonds. The lowest BCUT2D eigenvalue weighted by Crippen LogP contribution is -2.38. The van der Waals surface area contributed by atoms with Crippen molar-refractivity contribution in [3.63, 3.8) is 0 Å². The third-order valence-electron chi connectivity index (χ3n) is 4.88. The normalized spacial score (nSPS) is 11.1. The molecule has 3 aromatic carbocycles. The second-order valence-corrected chi connectivity index (χ2v) is 9.23. The number of carbonyl (C=O) groups excluding carboxylic acids is 1. The van der Waals surface area contributed by atoms with Gasteiger partial charge < -0.3 is 10.1 Å². The largest absolute Gasteiger partial charge is 0.495 e. The van der Waals surface area contributed by atoms with Gasteiger partial charge in [0.1, 0.15) is 12.3 Å². The van der Waals surface area contributed by atoms with E-state index in [0.29, 0.717) is 17.1 Å². The van der Waals surface area contributed by atoms with Gasteiger partial charge in [-0.25, -0.2) is 8.42 Å². The molecule has 162 valence electrons. The molecule has 0 aliphatic carbocycles. The first-order valence-electron chi connectivity index (χ1n) is 9.82. The minimum absolute atomic E-state index is 0.122. The van der Waals surface area contributed by atoms with Crippen molar-refractivity contribution in [1.82, 2.24) is 0 Å². The minimum Gasteiger partial charge on any atom is -0.495 e. The van der Waals surface area contributed by atoms with Gasteiger partial charge in [-0.3, -0.25) is 9.10 Å². The number of nitrogens with one attached hydrogen (secondary N) is 1. The highest BCUT2D eigenvalue weighted by Crippen LogP contribution is 2.29. The highest BCUT2D eigenvalue weighted by Gasteiger charge is 2.28. The SMILES string of the molecule is COc1ccc(C)cc1NC(=O)CN(c1cc(C)ccc1C)S(=O)(=O)c1ccccc1. The van der Waals surface area contributed by atoms with Crippen LogP contribution in [0.4, 0.5) is 11.4 Å². The van der Waals surface area contributed by atoms with Gasteiger partial charge in [0.25, 0.3) is 10.0 Å². The fourth-order valence-corrected chi connectivity index (χ4v) is 4.75. The Bertz CT molecular complexity index is 1190. The zero-order valence-corrected chi connectivity index (χ0v) is 18.9. The molecule has 0 heterocycles. The molecular formula is C24H26N2O4S. The first kappa shape index (κ1) is 22.4. The molecule has 1 N–H and O–H groups in total. The van der Waals surface area contributed by atoms with Crippen molar-refractivity contribution in [3.05, 3.63) is 83.4 Å². The Morgan fingerprint density at radius 2 is 1.58 bits per heavy atom. The van der Waals surface area contributed by atoms with Gasteiger partial charge in [-0.2, -0.15) is 0 Å². The Kier molecular flexibility index (Phi) is 6.65. The zero-order chi connectivity index (χ0) is 22.6. The van der Waals surface area contributed by atoms with E-state index in [1.165, 1.54) is 19.2 Å². The number of hydrogen-bond acceptors (Lipinski definition) is 4. The number of benzene rings is 3. The van der Waals surface area contributed by atoms with E-state index in [1.54, 1.807) is 36.4 Å². The van der Waals surface area contributed by atoms with E-state index in [-0.39, 0.29) is 11.4 Å². The molecule has 0 aliphatic heterocycles. The molecule has 3 rings (SSSR count). The van der Waals surface area contributed by atoms with Crippen LogP contribution in [0.1, 0.15) is 16.7 Å². The average Bonchev–Trinajstić information content (AvgIpc) is 2.74. The van der Waals surface area contributed by atoms with E-state index in [9.17, 15) is 13.2 Å². The molecule has 0 bridgehead atoms. The first-order chi connectivity index (χ1) is 14.7. The summed E-state index contributed by atoms with van der Waals surface area (Å²) in [5.74, 6) is 0.0347. The summed E-state index contributed by atoms with van der Waals surface area (Å²) >= 11 is 0. The summed E-state index contributed by atoms with van der Waals surface area (Å²) in [7, 11) is -2.45. The number of ether oxygens (including phenoxy) is 1. The maximum atomic E-state index is 13.5. The Labute approximate surface area is 183 Å². The van der Waals surface area contributed by atoms with Crippen LogP contribution in [0.25, 0.3) is 0 Å². The van der Waals surface area contributed by atoms with Crippen LogP contribution >= 0.6 is 0 Å². The molecular weight excluding hydrogens is 412 g/mol. The maximum absolute atomic E-state index is 13.5. The number of carbonyl (C=O) groups is 1. The summed E-state index contributed by atoms with van der Waals surface area (Å²) in [6.45, 7) is 5.23. The predicted molar refractivity (Wildman–Crippen MR) is 123 cm³/mol. The summed E-state index contributed by atoms with van der Waals surface area (Å²) in [6, 6.07) is 19.1. The molecule has 31 heavy (non-hydrogen) atoms. The van der Waals surface area contributed by atoms with E-state index in [0.717, 1.165) is 21.0 Å². The highest BCUT2D eigenvalue weighted by molar-refractivity contribution is 7.92. The molecule has 0 radical (unpaired) electrons. The number of methoxy groups -OCH3 is 1. The zero-order valence-electron chi connectivity index (χ0n) is 18.0. The highest BCUT2D eigenvalue weighted by atomic mass is 32.2. The molecule has 0 saturated carbocycles. The molecule has 0 spiro atoms. The molecule has 3 aromatic rings. The second-order valence-electron chi connectivity index (χ2n) is 7.37. The lowest BCUT2D eigenvalue weighted by Gasteiger charge is -2.26. The lowest BCUT2D eigenvalue weighted by molar-refractivity contribution is -0.114. The Morgan fingerprint density at radius 1 is 0.935 bits per heavy atom. The average molecular weight is 439 g/mol. The van der Waals surface area contributed by atoms with Crippen molar-refractivity contribution in [2.24, 2.45) is 0 Å². The number of amides is 1. The van der Waals surface area contributed by atoms with Gasteiger partial charge in [0, 0.05) is 0 Å². The van der Waals surface area contributed by atoms with Crippen LogP contribution < -0.4 is 14.4 Å². The van der Waals surface area contributed by atoms with Crippen LogP contribution in [0.15, 0.2) is 71.6 Å². The first-order valence-corrected chi connectivity index (χ1v) is 11.3. The van der Waals surface area contributed by atoms with Crippen LogP contribution in [0.5, 0.6) is 5.75 Å². The van der Waals surface area contributed by atoms with Gasteiger partial charge in [-0.05, 0) is 67.8 Å². The molecule has 0 aromatic heterocycles. The molecule has 6 nitrogen and oxygen atoms in total. The molecule has 0 saturated heterocycles. The van der Waals surface area contributed by atoms with E-state index in [2.05, 4.69) is 5.32 Å². The molecule has 0 fully saturated rings. The second kappa shape index (κ2) is 9.22. The van der Waals surface area contributed by atoms with Crippen molar-refractivity contribution < 1.29 is 17.9 Å². The number of rotatable bonds is 7. The monoisotopic (exact) mass is 438 g/mol. The van der Waals surface area contributed by atoms with Crippen molar-refractivity contribution in [3.8, 4) is 5.75 Å². The van der Waals surface area contributed by atoms with Gasteiger partial charge in [-0.1, -0.05) is 36.4 Å². The predicted octanol–water partition coefficient (Wildman–Crippen LogP) is 4.45. The molecule has 0 unspecified atom stereocenters. The summed E-state index contributed by atoms with van der Waals surface area (Å²) in [5, 5.41) is 2.79. The van der Waals surface area contributed by atoms with Crippen molar-refractivity contribution in [1.29, 1.82) is 0 Å². The van der Waals surface area contributed by atoms with Gasteiger partial charge in [0.15, 0.2) is 0 Å². The van der Waals surface area contributed by atoms with Gasteiger partial charge in [-0.15, -0.1) is 0 Å². The Hall–Kier alpha value is -3.32. The van der Waals surface area contributed by atoms with Crippen LogP contribution in [0.3, 0.4) is 0 Å². The summed E-state index contributed by atoms with van der Waals surface area (Å²) in [5.41, 5.74) is 3.56. The van der Waals surface area contributed by atoms with E-state index in [4.69, 9.17) is 4.74 Å². The third kappa shape index (κ3) is 5.06. The van der Waals surface area contributed by atoms with Crippen molar-refractivity contribution in [2.75, 3.05) is 23.3 Å². The van der Waals surface area contributed by atoms with Gasteiger partial charge in [0.05, 0.1) is 23.4 Å². The minimum atomic E-state index is -3.96. The fraction of sp³-hybridized carbons (Fsp3) is 0.208. The smallest absolute Gasteiger partial charge is 0.264 e. The van der Waals surface area contributed by atoms with E-state index < -0.39 is 15.9 Å². The maximum Gasteiger partial charge on any atom is 0.264 e. The van der Waals surface area contributed by atoms with E-state index in [1.807, 2.05) is 39.0 Å². The third-order valence-corrected chi connectivity index (χ3v) is 6.65. The van der Waals surface area contributed by atoms with E-state index >= 15 is 0 Å². The summed E-state index contributed by atoms with van der Waals surface area (Å²) in [6.07, 6.45) is 0. The molecule has 0 atom stereocenters. The topological polar surface area (TPSA) is 75.7 Å². The number of nitrogens with zero attached hydrogens (tertiary/aromatic N) is 1. The summed E-state index contributed by atoms with van der Waals surface area (Å²) in [4.78, 5) is 13.1. The van der Waals surface area contributed by atoms with Crippen molar-refractivity contribution >= 4 is 27.3 Å². The fourth-order valence-electron chi connectivity index (χ4n) is 3.25. The summed E-state index contributed by atoms with van der Waals surface area (Å²) < 4.78 is 33.4. The number of sulfonamides is 1. The number of hydrogen-bond donors (Lipinski definition) is 1. The van der Waals surface area contributed by atoms with Crippen LogP contribution in [-0.2, 0) is 14.8 Å². The molecule has 0 aliphatic rings. The van der Waals surface area contributed by atoms with Crippen LogP contribution in [0, 0.1) is 20.8 Å². The number of aryl methyl sites for hydroxylation is 3. The Morgan fingerprint density at radius 3 is 2.26 bits per heavy atom. The van der Waals surface area contributed by atoms with Gasteiger partial charge >= 0.3 is 0 Å². The quantitative estimate of drug-likeness (QED) is 0.591. The Balaban J connectivity index is 2.01. The molecule has 7 heteroatoms. The van der Waals surface area contributed by atoms with Crippen LogP contribution in [0.2, 0.25) is 0 Å². The van der Waals surface area contributed by atoms with Crippen LogP contribution in [-0.4, -0.2) is 28.0 Å². The van der Waals surface area contributed by atoms with Crippen molar-refractivity contribution in [2.45, 2.75) is 25.7 Å². The standard InChI is InChI=1S/C24H26N2O4S/c1-17-11-13-23(30-4)21(14-17)25-24(27)16-26(22-15-18(2)10-12-19(22)3)31(28,29)20-8-6-5-7-9-20/h5-15H,16H2,1-4H3,(H,25,27). The number of anilines is 2.